The molecule has 0 atom stereocenters. The zero-order valence-corrected chi connectivity index (χ0v) is 16.0. The van der Waals surface area contributed by atoms with E-state index in [9.17, 15) is 4.79 Å². The predicted octanol–water partition coefficient (Wildman–Crippen LogP) is 2.94. The second-order valence-corrected chi connectivity index (χ2v) is 7.83. The fraction of sp³-hybridized carbons (Fsp3) is 0.650. The van der Waals surface area contributed by atoms with E-state index in [2.05, 4.69) is 20.4 Å². The van der Waals surface area contributed by atoms with Crippen molar-refractivity contribution in [1.82, 2.24) is 24.5 Å². The number of carbonyl (C=O) groups is 1. The summed E-state index contributed by atoms with van der Waals surface area (Å²) in [6.45, 7) is 4.25. The third-order valence-electron chi connectivity index (χ3n) is 5.97. The Bertz CT molecular complexity index is 711. The number of aromatic nitrogens is 4. The molecule has 27 heavy (non-hydrogen) atoms. The molecule has 0 aromatic carbocycles. The summed E-state index contributed by atoms with van der Waals surface area (Å²) in [4.78, 5) is 15.0. The van der Waals surface area contributed by atoms with E-state index >= 15 is 0 Å². The summed E-state index contributed by atoms with van der Waals surface area (Å²) in [6.07, 6.45) is 13.3. The number of piperidine rings is 1. The van der Waals surface area contributed by atoms with Gasteiger partial charge in [-0.25, -0.2) is 4.68 Å². The highest BCUT2D eigenvalue weighted by atomic mass is 16.2. The van der Waals surface area contributed by atoms with Crippen LogP contribution in [0, 0.1) is 5.92 Å². The molecule has 7 nitrogen and oxygen atoms in total. The third kappa shape index (κ3) is 4.58. The van der Waals surface area contributed by atoms with Crippen molar-refractivity contribution in [3.05, 3.63) is 30.7 Å². The number of nitrogens with one attached hydrogen (secondary N) is 1. The molecule has 2 fully saturated rings. The number of amides is 1. The van der Waals surface area contributed by atoms with Gasteiger partial charge in [-0.3, -0.25) is 9.48 Å². The second-order valence-electron chi connectivity index (χ2n) is 7.83. The number of rotatable bonds is 7. The van der Waals surface area contributed by atoms with Gasteiger partial charge in [0.05, 0.1) is 12.2 Å². The van der Waals surface area contributed by atoms with Gasteiger partial charge in [-0.2, -0.15) is 10.2 Å². The van der Waals surface area contributed by atoms with Crippen LogP contribution in [0.1, 0.15) is 51.0 Å². The minimum atomic E-state index is 0.172. The fourth-order valence-electron chi connectivity index (χ4n) is 4.40. The van der Waals surface area contributed by atoms with Gasteiger partial charge >= 0.3 is 0 Å². The molecule has 3 heterocycles. The molecule has 0 radical (unpaired) electrons. The van der Waals surface area contributed by atoms with Crippen molar-refractivity contribution in [2.24, 2.45) is 5.92 Å². The van der Waals surface area contributed by atoms with Gasteiger partial charge in [0.1, 0.15) is 5.82 Å². The van der Waals surface area contributed by atoms with Gasteiger partial charge in [0.25, 0.3) is 0 Å². The van der Waals surface area contributed by atoms with Crippen molar-refractivity contribution in [2.75, 3.05) is 25.0 Å². The Kier molecular flexibility index (Phi) is 5.87. The van der Waals surface area contributed by atoms with Crippen molar-refractivity contribution in [3.63, 3.8) is 0 Å². The number of carbonyl (C=O) groups excluding carboxylic acids is 1. The highest BCUT2D eigenvalue weighted by Gasteiger charge is 2.26. The molecule has 146 valence electrons. The summed E-state index contributed by atoms with van der Waals surface area (Å²) in [6, 6.07) is 4.28. The van der Waals surface area contributed by atoms with E-state index in [4.69, 9.17) is 0 Å². The van der Waals surface area contributed by atoms with Crippen LogP contribution in [-0.2, 0) is 11.3 Å². The topological polar surface area (TPSA) is 68.0 Å². The molecule has 1 saturated heterocycles. The Morgan fingerprint density at radius 2 is 1.89 bits per heavy atom. The number of anilines is 1. The Balaban J connectivity index is 1.24. The van der Waals surface area contributed by atoms with Gasteiger partial charge < -0.3 is 10.2 Å². The van der Waals surface area contributed by atoms with E-state index in [-0.39, 0.29) is 11.8 Å². The van der Waals surface area contributed by atoms with Gasteiger partial charge in [0.15, 0.2) is 0 Å². The summed E-state index contributed by atoms with van der Waals surface area (Å²) < 4.78 is 4.03. The van der Waals surface area contributed by atoms with Crippen LogP contribution in [0.3, 0.4) is 0 Å². The molecule has 4 rings (SSSR count). The molecule has 1 amide bonds. The maximum Gasteiger partial charge on any atom is 0.228 e. The lowest BCUT2D eigenvalue weighted by atomic mass is 10.0. The Morgan fingerprint density at radius 3 is 2.63 bits per heavy atom. The van der Waals surface area contributed by atoms with Gasteiger partial charge in [0.2, 0.25) is 5.91 Å². The predicted molar refractivity (Wildman–Crippen MR) is 104 cm³/mol. The van der Waals surface area contributed by atoms with Crippen molar-refractivity contribution in [3.8, 4) is 0 Å². The third-order valence-corrected chi connectivity index (χ3v) is 5.97. The highest BCUT2D eigenvalue weighted by Crippen LogP contribution is 2.28. The van der Waals surface area contributed by atoms with Crippen molar-refractivity contribution >= 4 is 11.7 Å². The average Bonchev–Trinajstić information content (AvgIpc) is 3.45. The molecular formula is C20H30N6O. The number of likely N-dealkylation sites (tertiary alicyclic amines) is 1. The summed E-state index contributed by atoms with van der Waals surface area (Å²) in [5.41, 5.74) is 0. The first-order valence-corrected chi connectivity index (χ1v) is 10.3. The zero-order chi connectivity index (χ0) is 18.5. The van der Waals surface area contributed by atoms with Crippen LogP contribution in [0.25, 0.3) is 0 Å². The first kappa shape index (κ1) is 18.2. The molecule has 2 aromatic heterocycles. The standard InChI is InChI=1S/C20H30N6O/c27-20(17-5-1-2-6-17)23-19-7-11-22-26(19)18-8-15-24(16-9-18)12-4-14-25-13-3-10-21-25/h3,7,10-11,13,17-18H,1-2,4-6,8-9,12,14-16H2,(H,23,27). The Hall–Kier alpha value is -2.15. The molecule has 7 heteroatoms. The van der Waals surface area contributed by atoms with E-state index < -0.39 is 0 Å². The molecule has 0 unspecified atom stereocenters. The zero-order valence-electron chi connectivity index (χ0n) is 16.0. The van der Waals surface area contributed by atoms with E-state index in [1.807, 2.05) is 33.9 Å². The monoisotopic (exact) mass is 370 g/mol. The van der Waals surface area contributed by atoms with Crippen molar-refractivity contribution < 1.29 is 4.79 Å². The van der Waals surface area contributed by atoms with Crippen LogP contribution < -0.4 is 5.32 Å². The maximum atomic E-state index is 12.4. The molecule has 2 aliphatic rings. The largest absolute Gasteiger partial charge is 0.311 e. The SMILES string of the molecule is O=C(Nc1ccnn1C1CCN(CCCn2cccn2)CC1)C1CCCC1. The summed E-state index contributed by atoms with van der Waals surface area (Å²) in [5.74, 6) is 1.22. The molecule has 1 N–H and O–H groups in total. The number of nitrogens with zero attached hydrogens (tertiary/aromatic N) is 5. The first-order chi connectivity index (χ1) is 13.3. The van der Waals surface area contributed by atoms with Crippen LogP contribution in [0.2, 0.25) is 0 Å². The highest BCUT2D eigenvalue weighted by molar-refractivity contribution is 5.91. The van der Waals surface area contributed by atoms with Crippen LogP contribution in [0.15, 0.2) is 30.7 Å². The van der Waals surface area contributed by atoms with Gasteiger partial charge in [-0.05, 0) is 44.7 Å². The molecule has 1 saturated carbocycles. The van der Waals surface area contributed by atoms with E-state index in [0.717, 1.165) is 64.1 Å². The molecule has 2 aromatic rings. The number of aryl methyl sites for hydroxylation is 1. The number of hydrogen-bond donors (Lipinski definition) is 1. The summed E-state index contributed by atoms with van der Waals surface area (Å²) >= 11 is 0. The van der Waals surface area contributed by atoms with Gasteiger partial charge in [-0.15, -0.1) is 0 Å². The lowest BCUT2D eigenvalue weighted by Gasteiger charge is -2.32. The van der Waals surface area contributed by atoms with Gasteiger partial charge in [-0.1, -0.05) is 12.8 Å². The molecule has 0 spiro atoms. The van der Waals surface area contributed by atoms with Crippen LogP contribution in [0.5, 0.6) is 0 Å². The lowest BCUT2D eigenvalue weighted by molar-refractivity contribution is -0.119. The van der Waals surface area contributed by atoms with Crippen molar-refractivity contribution in [2.45, 2.75) is 57.5 Å². The maximum absolute atomic E-state index is 12.4. The first-order valence-electron chi connectivity index (χ1n) is 10.3. The normalized spacial score (nSPS) is 19.6. The minimum absolute atomic E-state index is 0.172. The van der Waals surface area contributed by atoms with Crippen molar-refractivity contribution in [1.29, 1.82) is 0 Å². The second kappa shape index (κ2) is 8.69. The summed E-state index contributed by atoms with van der Waals surface area (Å²) in [5, 5.41) is 11.9. The molecule has 1 aliphatic heterocycles. The number of hydrogen-bond acceptors (Lipinski definition) is 4. The molecular weight excluding hydrogens is 340 g/mol. The molecule has 1 aliphatic carbocycles. The smallest absolute Gasteiger partial charge is 0.228 e. The van der Waals surface area contributed by atoms with E-state index in [0.29, 0.717) is 6.04 Å². The van der Waals surface area contributed by atoms with Gasteiger partial charge in [0, 0.05) is 44.0 Å². The summed E-state index contributed by atoms with van der Waals surface area (Å²) in [7, 11) is 0. The van der Waals surface area contributed by atoms with Crippen LogP contribution in [-0.4, -0.2) is 50.0 Å². The average molecular weight is 371 g/mol. The fourth-order valence-corrected chi connectivity index (χ4v) is 4.40. The molecule has 0 bridgehead atoms. The van der Waals surface area contributed by atoms with E-state index in [1.54, 1.807) is 6.20 Å². The lowest BCUT2D eigenvalue weighted by Crippen LogP contribution is -2.36. The van der Waals surface area contributed by atoms with Crippen LogP contribution >= 0.6 is 0 Å². The minimum Gasteiger partial charge on any atom is -0.311 e. The Morgan fingerprint density at radius 1 is 1.07 bits per heavy atom. The van der Waals surface area contributed by atoms with E-state index in [1.165, 1.54) is 12.8 Å². The Labute approximate surface area is 160 Å². The quantitative estimate of drug-likeness (QED) is 0.814. The van der Waals surface area contributed by atoms with Crippen LogP contribution in [0.4, 0.5) is 5.82 Å².